The monoisotopic (exact) mass is 852 g/mol. The fourth-order valence-corrected chi connectivity index (χ4v) is 8.55. The molecule has 17 atom stereocenters. The molecule has 1 aromatic carbocycles. The Balaban J connectivity index is 1.01. The molecule has 17 nitrogen and oxygen atoms in total. The van der Waals surface area contributed by atoms with Gasteiger partial charge in [-0.1, -0.05) is 0 Å². The molecule has 5 aliphatic rings. The highest BCUT2D eigenvalue weighted by atomic mass is 16.8. The maximum absolute atomic E-state index is 12.2. The lowest BCUT2D eigenvalue weighted by Crippen LogP contribution is -2.55. The van der Waals surface area contributed by atoms with E-state index in [1.165, 1.54) is 20.8 Å². The summed E-state index contributed by atoms with van der Waals surface area (Å²) in [5.41, 5.74) is 0. The Hall–Kier alpha value is -3.13. The summed E-state index contributed by atoms with van der Waals surface area (Å²) in [6.07, 6.45) is -4.50. The Morgan fingerprint density at radius 3 is 1.23 bits per heavy atom. The van der Waals surface area contributed by atoms with E-state index in [-0.39, 0.29) is 42.9 Å². The molecule has 5 aliphatic heterocycles. The van der Waals surface area contributed by atoms with E-state index >= 15 is 0 Å². The molecule has 0 aliphatic carbocycles. The molecule has 0 bridgehead atoms. The lowest BCUT2D eigenvalue weighted by atomic mass is 10.00. The lowest BCUT2D eigenvalue weighted by Gasteiger charge is -2.45. The summed E-state index contributed by atoms with van der Waals surface area (Å²) >= 11 is 0. The Morgan fingerprint density at radius 1 is 0.450 bits per heavy atom. The smallest absolute Gasteiger partial charge is 0.303 e. The molecular weight excluding hydrogens is 788 g/mol. The Morgan fingerprint density at radius 2 is 0.817 bits per heavy atom. The first-order valence-electron chi connectivity index (χ1n) is 21.4. The molecule has 17 heteroatoms. The number of esters is 3. The first-order chi connectivity index (χ1) is 28.6. The molecule has 338 valence electrons. The molecule has 6 rings (SSSR count). The molecule has 5 fully saturated rings. The minimum Gasteiger partial charge on any atom is -0.497 e. The van der Waals surface area contributed by atoms with Crippen LogP contribution in [-0.4, -0.2) is 130 Å². The van der Waals surface area contributed by atoms with E-state index in [0.29, 0.717) is 50.7 Å². The van der Waals surface area contributed by atoms with Crippen molar-refractivity contribution in [3.05, 3.63) is 24.3 Å². The van der Waals surface area contributed by atoms with E-state index in [9.17, 15) is 14.4 Å². The molecule has 5 saturated heterocycles. The highest BCUT2D eigenvalue weighted by Gasteiger charge is 2.47. The van der Waals surface area contributed by atoms with Crippen LogP contribution in [0.4, 0.5) is 0 Å². The molecule has 0 N–H and O–H groups in total. The highest BCUT2D eigenvalue weighted by molar-refractivity contribution is 5.67. The van der Waals surface area contributed by atoms with E-state index < -0.39 is 86.1 Å². The second-order valence-corrected chi connectivity index (χ2v) is 16.3. The topological polar surface area (TPSA) is 180 Å². The van der Waals surface area contributed by atoms with Gasteiger partial charge in [0.25, 0.3) is 0 Å². The van der Waals surface area contributed by atoms with Crippen molar-refractivity contribution in [1.29, 1.82) is 0 Å². The van der Waals surface area contributed by atoms with Crippen LogP contribution >= 0.6 is 0 Å². The average Bonchev–Trinajstić information content (AvgIpc) is 3.17. The van der Waals surface area contributed by atoms with Gasteiger partial charge in [-0.3, -0.25) is 14.4 Å². The van der Waals surface area contributed by atoms with Crippen LogP contribution < -0.4 is 9.47 Å². The summed E-state index contributed by atoms with van der Waals surface area (Å²) in [6.45, 7) is 13.4. The van der Waals surface area contributed by atoms with Crippen LogP contribution in [0.15, 0.2) is 24.3 Å². The van der Waals surface area contributed by atoms with Crippen LogP contribution in [-0.2, 0) is 71.2 Å². The maximum Gasteiger partial charge on any atom is 0.303 e. The first kappa shape index (κ1) is 46.4. The van der Waals surface area contributed by atoms with Gasteiger partial charge in [-0.15, -0.1) is 0 Å². The average molecular weight is 853 g/mol. The summed E-state index contributed by atoms with van der Waals surface area (Å²) in [7, 11) is 1.62. The second kappa shape index (κ2) is 21.3. The Kier molecular flexibility index (Phi) is 16.5. The number of rotatable bonds is 14. The SMILES string of the molecule is COc1ccc(O[C@H]2CC[C@H](O[C@H]3C[C@@H](O[C@H]4CC[C@H](O[C@H]5C[C@@H](O[C@H]6CC[C@H](OC(C)=O)[C@H](C)O6)[C@H](OC(C)=O)[C@@H](C)O5)[C@H](C)O4)[C@H](OC(C)=O)[C@@H](C)O3)[C@H](C)O2)cc1. The molecular formula is C43H64O17. The van der Waals surface area contributed by atoms with Crippen molar-refractivity contribution >= 4 is 17.9 Å². The molecule has 0 saturated carbocycles. The predicted octanol–water partition coefficient (Wildman–Crippen LogP) is 5.25. The van der Waals surface area contributed by atoms with Gasteiger partial charge in [0, 0.05) is 52.9 Å². The summed E-state index contributed by atoms with van der Waals surface area (Å²) < 4.78 is 85.1. The molecule has 0 radical (unpaired) electrons. The van der Waals surface area contributed by atoms with Gasteiger partial charge >= 0.3 is 17.9 Å². The zero-order valence-corrected chi connectivity index (χ0v) is 36.2. The zero-order chi connectivity index (χ0) is 43.1. The van der Waals surface area contributed by atoms with Gasteiger partial charge in [0.2, 0.25) is 0 Å². The minimum atomic E-state index is -0.685. The number of carbonyl (C=O) groups is 3. The maximum atomic E-state index is 12.2. The van der Waals surface area contributed by atoms with Crippen LogP contribution in [0.1, 0.15) is 107 Å². The van der Waals surface area contributed by atoms with Gasteiger partial charge in [0.15, 0.2) is 43.7 Å². The number of hydrogen-bond acceptors (Lipinski definition) is 17. The van der Waals surface area contributed by atoms with Crippen molar-refractivity contribution in [2.24, 2.45) is 0 Å². The van der Waals surface area contributed by atoms with E-state index in [2.05, 4.69) is 0 Å². The molecule has 60 heavy (non-hydrogen) atoms. The molecule has 0 aromatic heterocycles. The van der Waals surface area contributed by atoms with E-state index in [1.807, 2.05) is 58.9 Å². The second-order valence-electron chi connectivity index (χ2n) is 16.3. The van der Waals surface area contributed by atoms with Gasteiger partial charge < -0.3 is 66.3 Å². The van der Waals surface area contributed by atoms with Gasteiger partial charge in [-0.2, -0.15) is 0 Å². The van der Waals surface area contributed by atoms with Crippen molar-refractivity contribution in [3.63, 3.8) is 0 Å². The van der Waals surface area contributed by atoms with Crippen molar-refractivity contribution in [2.45, 2.75) is 211 Å². The molecule has 5 heterocycles. The summed E-state index contributed by atoms with van der Waals surface area (Å²) in [5.74, 6) is 0.176. The standard InChI is InChI=1S/C43H64O17/c1-22-32(53-27(6)44)14-18-38(49-22)59-35-20-41(52-25(4)42(35)54-28(7)45)58-34-16-19-39(50-24(34)3)60-36-21-40(51-26(5)43(36)55-29(8)46)57-33-15-17-37(48-23(33)2)56-31-12-10-30(47-9)11-13-31/h10-13,22-26,32-43H,14-21H2,1-9H3/t22-,23-,24-,25+,26+,32-,33-,34-,35+,36+,37-,38-,39-,40-,41-,42+,43+/m0/s1. The van der Waals surface area contributed by atoms with Crippen LogP contribution in [0.2, 0.25) is 0 Å². The van der Waals surface area contributed by atoms with Crippen LogP contribution in [0.5, 0.6) is 11.5 Å². The van der Waals surface area contributed by atoms with Crippen LogP contribution in [0.3, 0.4) is 0 Å². The third-order valence-corrected chi connectivity index (χ3v) is 11.5. The zero-order valence-electron chi connectivity index (χ0n) is 36.2. The molecule has 0 amide bonds. The number of benzene rings is 1. The van der Waals surface area contributed by atoms with Crippen LogP contribution in [0, 0.1) is 0 Å². The highest BCUT2D eigenvalue weighted by Crippen LogP contribution is 2.36. The lowest BCUT2D eigenvalue weighted by molar-refractivity contribution is -0.331. The van der Waals surface area contributed by atoms with E-state index in [0.717, 1.165) is 5.75 Å². The van der Waals surface area contributed by atoms with Crippen LogP contribution in [0.25, 0.3) is 0 Å². The Labute approximate surface area is 352 Å². The van der Waals surface area contributed by atoms with Crippen molar-refractivity contribution in [1.82, 2.24) is 0 Å². The van der Waals surface area contributed by atoms with Gasteiger partial charge in [0.1, 0.15) is 29.8 Å². The fourth-order valence-electron chi connectivity index (χ4n) is 8.55. The van der Waals surface area contributed by atoms with Gasteiger partial charge in [0.05, 0.1) is 49.8 Å². The van der Waals surface area contributed by atoms with Gasteiger partial charge in [-0.25, -0.2) is 0 Å². The third kappa shape index (κ3) is 12.7. The molecule has 0 unspecified atom stereocenters. The van der Waals surface area contributed by atoms with Crippen molar-refractivity contribution < 1.29 is 80.7 Å². The molecule has 0 spiro atoms. The fraction of sp³-hybridized carbons (Fsp3) is 0.791. The number of carbonyl (C=O) groups excluding carboxylic acids is 3. The van der Waals surface area contributed by atoms with E-state index in [4.69, 9.17) is 66.3 Å². The first-order valence-corrected chi connectivity index (χ1v) is 21.4. The molecule has 1 aromatic rings. The van der Waals surface area contributed by atoms with E-state index in [1.54, 1.807) is 7.11 Å². The Bertz CT molecular complexity index is 1540. The normalized spacial score (nSPS) is 39.9. The summed E-state index contributed by atoms with van der Waals surface area (Å²) in [6, 6.07) is 7.36. The minimum absolute atomic E-state index is 0.259. The number of hydrogen-bond donors (Lipinski definition) is 0. The van der Waals surface area contributed by atoms with Crippen molar-refractivity contribution in [3.8, 4) is 11.5 Å². The number of ether oxygens (including phenoxy) is 14. The number of methoxy groups -OCH3 is 1. The largest absolute Gasteiger partial charge is 0.497 e. The summed E-state index contributed by atoms with van der Waals surface area (Å²) in [4.78, 5) is 35.8. The van der Waals surface area contributed by atoms with Crippen molar-refractivity contribution in [2.75, 3.05) is 7.11 Å². The summed E-state index contributed by atoms with van der Waals surface area (Å²) in [5, 5.41) is 0. The van der Waals surface area contributed by atoms with Gasteiger partial charge in [-0.05, 0) is 78.1 Å². The third-order valence-electron chi connectivity index (χ3n) is 11.5. The predicted molar refractivity (Wildman–Crippen MR) is 208 cm³/mol. The quantitative estimate of drug-likeness (QED) is 0.175.